The van der Waals surface area contributed by atoms with Crippen LogP contribution in [0.5, 0.6) is 0 Å². The van der Waals surface area contributed by atoms with Gasteiger partial charge in [-0.15, -0.1) is 0 Å². The first-order chi connectivity index (χ1) is 5.83. The van der Waals surface area contributed by atoms with Crippen LogP contribution in [-0.2, 0) is 4.74 Å². The van der Waals surface area contributed by atoms with Crippen molar-refractivity contribution in [3.05, 3.63) is 30.3 Å². The lowest BCUT2D eigenvalue weighted by Gasteiger charge is -1.99. The van der Waals surface area contributed by atoms with Crippen molar-refractivity contribution in [3.63, 3.8) is 0 Å². The number of benzene rings is 1. The average molecular weight is 197 g/mol. The van der Waals surface area contributed by atoms with Crippen LogP contribution >= 0.6 is 0 Å². The minimum Gasteiger partial charge on any atom is -0.474 e. The van der Waals surface area contributed by atoms with E-state index in [-0.39, 0.29) is 16.8 Å². The van der Waals surface area contributed by atoms with E-state index in [0.29, 0.717) is 6.61 Å². The Morgan fingerprint density at radius 2 is 1.86 bits per heavy atom. The zero-order valence-electron chi connectivity index (χ0n) is 7.99. The van der Waals surface area contributed by atoms with Gasteiger partial charge in [-0.1, -0.05) is 35.8 Å². The number of hydrogen-bond donors (Lipinski definition) is 0. The molecule has 0 fully saturated rings. The second kappa shape index (κ2) is 8.28. The van der Waals surface area contributed by atoms with Crippen LogP contribution in [0.15, 0.2) is 30.3 Å². The van der Waals surface area contributed by atoms with Crippen LogP contribution in [0.3, 0.4) is 0 Å². The van der Waals surface area contributed by atoms with E-state index >= 15 is 0 Å². The van der Waals surface area contributed by atoms with Crippen molar-refractivity contribution in [3.8, 4) is 0 Å². The smallest absolute Gasteiger partial charge is 0.299 e. The molecule has 0 unspecified atom stereocenters. The summed E-state index contributed by atoms with van der Waals surface area (Å²) in [6, 6.07) is 9.38. The predicted molar refractivity (Wildman–Crippen MR) is 56.1 cm³/mol. The second-order valence-corrected chi connectivity index (χ2v) is 2.31. The van der Waals surface area contributed by atoms with Gasteiger partial charge >= 0.3 is 0 Å². The van der Waals surface area contributed by atoms with Crippen LogP contribution < -0.4 is 5.46 Å². The highest BCUT2D eigenvalue weighted by Gasteiger charge is 2.04. The summed E-state index contributed by atoms with van der Waals surface area (Å²) in [5.41, 5.74) is 0.871. The molecule has 1 radical (unpaired) electrons. The van der Waals surface area contributed by atoms with Gasteiger partial charge in [0.15, 0.2) is 0 Å². The molecule has 0 atom stereocenters. The van der Waals surface area contributed by atoms with Crippen LogP contribution in [0.2, 0.25) is 0 Å². The topological polar surface area (TPSA) is 89.3 Å². The molecule has 4 nitrogen and oxygen atoms in total. The summed E-state index contributed by atoms with van der Waals surface area (Å²) in [4.78, 5) is 10.9. The molecule has 0 amide bonds. The molecule has 5 heteroatoms. The Hall–Kier alpha value is -1.33. The van der Waals surface area contributed by atoms with Crippen molar-refractivity contribution in [2.45, 2.75) is 6.92 Å². The first-order valence-electron chi connectivity index (χ1n) is 3.89. The summed E-state index contributed by atoms with van der Waals surface area (Å²) < 4.78 is 4.75. The molecule has 0 aliphatic carbocycles. The molecule has 1 aromatic carbocycles. The first kappa shape index (κ1) is 15.2. The van der Waals surface area contributed by atoms with E-state index in [2.05, 4.69) is 0 Å². The third-order valence-corrected chi connectivity index (χ3v) is 1.37. The summed E-state index contributed by atoms with van der Waals surface area (Å²) in [5.74, 6) is -0.288. The Kier molecular flexibility index (Phi) is 8.97. The normalized spacial score (nSPS) is 7.79. The Balaban J connectivity index is 0. The Labute approximate surface area is 83.8 Å². The van der Waals surface area contributed by atoms with Crippen molar-refractivity contribution in [2.24, 2.45) is 0 Å². The lowest BCUT2D eigenvalue weighted by atomic mass is 9.71. The Bertz CT molecular complexity index is 250. The Morgan fingerprint density at radius 1 is 1.29 bits per heavy atom. The standard InChI is InChI=1S/C9H10BO2.2H2O/c1-2-12-9(11)10-8-6-4-3-5-7-8;;/h3-7H,2H2,1H3;2*1H2. The van der Waals surface area contributed by atoms with E-state index < -0.39 is 0 Å². The maximum atomic E-state index is 10.9. The van der Waals surface area contributed by atoms with Gasteiger partial charge in [0.25, 0.3) is 13.1 Å². The summed E-state index contributed by atoms with van der Waals surface area (Å²) >= 11 is 0. The van der Waals surface area contributed by atoms with Crippen molar-refractivity contribution in [1.29, 1.82) is 0 Å². The largest absolute Gasteiger partial charge is 0.474 e. The molecule has 0 spiro atoms. The molecule has 77 valence electrons. The number of rotatable bonds is 3. The number of hydrogen-bond acceptors (Lipinski definition) is 2. The molecule has 0 saturated carbocycles. The third-order valence-electron chi connectivity index (χ3n) is 1.37. The maximum absolute atomic E-state index is 10.9. The second-order valence-electron chi connectivity index (χ2n) is 2.31. The van der Waals surface area contributed by atoms with Crippen LogP contribution in [0.4, 0.5) is 4.79 Å². The highest BCUT2D eigenvalue weighted by molar-refractivity contribution is 6.82. The first-order valence-corrected chi connectivity index (χ1v) is 3.89. The van der Waals surface area contributed by atoms with Gasteiger partial charge < -0.3 is 15.7 Å². The van der Waals surface area contributed by atoms with Gasteiger partial charge in [-0.25, -0.2) is 0 Å². The van der Waals surface area contributed by atoms with Crippen LogP contribution in [0.25, 0.3) is 0 Å². The number of carbonyl (C=O) groups excluding carboxylic acids is 1. The Morgan fingerprint density at radius 3 is 2.36 bits per heavy atom. The van der Waals surface area contributed by atoms with E-state index in [4.69, 9.17) is 4.74 Å². The summed E-state index contributed by atoms with van der Waals surface area (Å²) in [7, 11) is 1.48. The third kappa shape index (κ3) is 5.34. The minimum absolute atomic E-state index is 0. The molecule has 0 aromatic heterocycles. The van der Waals surface area contributed by atoms with Crippen LogP contribution in [-0.4, -0.2) is 30.7 Å². The van der Waals surface area contributed by atoms with E-state index in [0.717, 1.165) is 5.46 Å². The molecule has 0 aliphatic rings. The lowest BCUT2D eigenvalue weighted by molar-refractivity contribution is 0.179. The zero-order valence-corrected chi connectivity index (χ0v) is 7.99. The molecule has 0 aliphatic heterocycles. The molecule has 14 heavy (non-hydrogen) atoms. The minimum atomic E-state index is -0.288. The fourth-order valence-electron chi connectivity index (χ4n) is 0.869. The molecule has 1 aromatic rings. The van der Waals surface area contributed by atoms with Crippen molar-refractivity contribution >= 4 is 18.6 Å². The van der Waals surface area contributed by atoms with Gasteiger partial charge in [-0.05, 0) is 6.92 Å². The summed E-state index contributed by atoms with van der Waals surface area (Å²) in [5, 5.41) is 0. The molecular formula is C9H14BO4. The van der Waals surface area contributed by atoms with Gasteiger partial charge in [0, 0.05) is 0 Å². The average Bonchev–Trinajstić information content (AvgIpc) is 2.06. The van der Waals surface area contributed by atoms with Crippen molar-refractivity contribution in [2.75, 3.05) is 6.61 Å². The highest BCUT2D eigenvalue weighted by atomic mass is 16.5. The summed E-state index contributed by atoms with van der Waals surface area (Å²) in [6.07, 6.45) is 0. The van der Waals surface area contributed by atoms with Crippen LogP contribution in [0, 0.1) is 0 Å². The fourth-order valence-corrected chi connectivity index (χ4v) is 0.869. The van der Waals surface area contributed by atoms with Gasteiger partial charge in [0.2, 0.25) is 0 Å². The molecule has 0 heterocycles. The monoisotopic (exact) mass is 197 g/mol. The zero-order chi connectivity index (χ0) is 8.81. The molecular weight excluding hydrogens is 183 g/mol. The molecule has 0 bridgehead atoms. The highest BCUT2D eigenvalue weighted by Crippen LogP contribution is 1.84. The molecule has 0 saturated heterocycles. The quantitative estimate of drug-likeness (QED) is 0.612. The van der Waals surface area contributed by atoms with Crippen molar-refractivity contribution in [1.82, 2.24) is 0 Å². The SMILES string of the molecule is CCOC(=O)[B]c1ccccc1.O.O. The van der Waals surface area contributed by atoms with Gasteiger partial charge in [0.1, 0.15) is 0 Å². The van der Waals surface area contributed by atoms with E-state index in [1.54, 1.807) is 6.92 Å². The van der Waals surface area contributed by atoms with Gasteiger partial charge in [0.05, 0.1) is 6.61 Å². The predicted octanol–water partition coefficient (Wildman–Crippen LogP) is -0.477. The van der Waals surface area contributed by atoms with Gasteiger partial charge in [-0.3, -0.25) is 4.79 Å². The number of ether oxygens (including phenoxy) is 1. The maximum Gasteiger partial charge on any atom is 0.299 e. The van der Waals surface area contributed by atoms with Crippen molar-refractivity contribution < 1.29 is 20.5 Å². The van der Waals surface area contributed by atoms with E-state index in [9.17, 15) is 4.79 Å². The van der Waals surface area contributed by atoms with Gasteiger partial charge in [-0.2, -0.15) is 0 Å². The van der Waals surface area contributed by atoms with E-state index in [1.165, 1.54) is 7.28 Å². The summed E-state index contributed by atoms with van der Waals surface area (Å²) in [6.45, 7) is 2.21. The number of carbonyl (C=O) groups is 1. The molecule has 4 N–H and O–H groups in total. The molecule has 1 rings (SSSR count). The van der Waals surface area contributed by atoms with E-state index in [1.807, 2.05) is 30.3 Å². The lowest BCUT2D eigenvalue weighted by Crippen LogP contribution is -2.23. The van der Waals surface area contributed by atoms with Crippen LogP contribution in [0.1, 0.15) is 6.92 Å². The fraction of sp³-hybridized carbons (Fsp3) is 0.222.